The predicted octanol–water partition coefficient (Wildman–Crippen LogP) is 3.94. The molecule has 0 radical (unpaired) electrons. The molecular formula is C17H33N3. The number of hydrogen-bond donors (Lipinski definition) is 1. The van der Waals surface area contributed by atoms with Gasteiger partial charge in [-0.15, -0.1) is 0 Å². The maximum atomic E-state index is 4.28. The summed E-state index contributed by atoms with van der Waals surface area (Å²) in [5.41, 5.74) is 1.81. The van der Waals surface area contributed by atoms with Gasteiger partial charge in [-0.1, -0.05) is 33.6 Å². The fraction of sp³-hybridized carbons (Fsp3) is 0.824. The third kappa shape index (κ3) is 5.28. The van der Waals surface area contributed by atoms with Crippen molar-refractivity contribution in [3.8, 4) is 0 Å². The summed E-state index contributed by atoms with van der Waals surface area (Å²) in [7, 11) is 2.05. The van der Waals surface area contributed by atoms with E-state index in [9.17, 15) is 0 Å². The number of aryl methyl sites for hydroxylation is 2. The van der Waals surface area contributed by atoms with Crippen LogP contribution in [0.25, 0.3) is 0 Å². The first-order chi connectivity index (χ1) is 9.67. The first-order valence-corrected chi connectivity index (χ1v) is 8.35. The lowest BCUT2D eigenvalue weighted by Gasteiger charge is -2.33. The molecule has 3 nitrogen and oxygen atoms in total. The molecule has 0 aromatic carbocycles. The molecule has 0 aliphatic heterocycles. The molecule has 0 saturated heterocycles. The molecule has 3 heteroatoms. The zero-order valence-electron chi connectivity index (χ0n) is 13.9. The van der Waals surface area contributed by atoms with Crippen molar-refractivity contribution in [2.24, 2.45) is 12.5 Å². The standard InChI is InChI=1S/C17H33N3/c1-5-8-11-17(7-3,15-18-13-6-2)12-9-16-10-14-19-20(16)4/h10,14,18H,5-9,11-13,15H2,1-4H3. The zero-order valence-corrected chi connectivity index (χ0v) is 13.9. The van der Waals surface area contributed by atoms with E-state index in [1.54, 1.807) is 0 Å². The second-order valence-corrected chi connectivity index (χ2v) is 6.08. The average Bonchev–Trinajstić information content (AvgIpc) is 2.87. The molecule has 1 rings (SSSR count). The minimum Gasteiger partial charge on any atom is -0.316 e. The van der Waals surface area contributed by atoms with E-state index in [4.69, 9.17) is 0 Å². The van der Waals surface area contributed by atoms with Gasteiger partial charge in [0.05, 0.1) is 0 Å². The molecule has 1 atom stereocenters. The molecule has 1 unspecified atom stereocenters. The summed E-state index contributed by atoms with van der Waals surface area (Å²) in [5.74, 6) is 0. The van der Waals surface area contributed by atoms with E-state index in [1.807, 2.05) is 17.9 Å². The minimum absolute atomic E-state index is 0.454. The van der Waals surface area contributed by atoms with Crippen LogP contribution in [0.15, 0.2) is 12.3 Å². The zero-order chi connectivity index (χ0) is 14.8. The van der Waals surface area contributed by atoms with Crippen LogP contribution in [0.3, 0.4) is 0 Å². The van der Waals surface area contributed by atoms with E-state index in [0.29, 0.717) is 5.41 Å². The van der Waals surface area contributed by atoms with E-state index >= 15 is 0 Å². The summed E-state index contributed by atoms with van der Waals surface area (Å²) in [6.07, 6.45) is 10.8. The number of rotatable bonds is 11. The van der Waals surface area contributed by atoms with Crippen LogP contribution in [0.4, 0.5) is 0 Å². The van der Waals surface area contributed by atoms with E-state index < -0.39 is 0 Å². The maximum Gasteiger partial charge on any atom is 0.0492 e. The van der Waals surface area contributed by atoms with E-state index in [0.717, 1.165) is 19.5 Å². The summed E-state index contributed by atoms with van der Waals surface area (Å²) < 4.78 is 2.01. The molecule has 0 aliphatic carbocycles. The van der Waals surface area contributed by atoms with Gasteiger partial charge >= 0.3 is 0 Å². The number of aromatic nitrogens is 2. The topological polar surface area (TPSA) is 29.9 Å². The van der Waals surface area contributed by atoms with Gasteiger partial charge in [0.2, 0.25) is 0 Å². The van der Waals surface area contributed by atoms with Gasteiger partial charge in [-0.3, -0.25) is 4.68 Å². The Hall–Kier alpha value is -0.830. The van der Waals surface area contributed by atoms with E-state index in [-0.39, 0.29) is 0 Å². The summed E-state index contributed by atoms with van der Waals surface area (Å²) in [4.78, 5) is 0. The van der Waals surface area contributed by atoms with Crippen LogP contribution in [0, 0.1) is 5.41 Å². The van der Waals surface area contributed by atoms with Crippen LogP contribution in [-0.2, 0) is 13.5 Å². The Kier molecular flexibility index (Phi) is 7.90. The predicted molar refractivity (Wildman–Crippen MR) is 86.9 cm³/mol. The average molecular weight is 279 g/mol. The number of nitrogens with zero attached hydrogens (tertiary/aromatic N) is 2. The van der Waals surface area contributed by atoms with Gasteiger partial charge in [-0.05, 0) is 50.1 Å². The molecular weight excluding hydrogens is 246 g/mol. The lowest BCUT2D eigenvalue weighted by molar-refractivity contribution is 0.211. The second kappa shape index (κ2) is 9.17. The van der Waals surface area contributed by atoms with Crippen molar-refractivity contribution in [1.29, 1.82) is 0 Å². The van der Waals surface area contributed by atoms with Crippen molar-refractivity contribution < 1.29 is 0 Å². The van der Waals surface area contributed by atoms with Gasteiger partial charge in [-0.25, -0.2) is 0 Å². The molecule has 1 aromatic rings. The van der Waals surface area contributed by atoms with Crippen LogP contribution in [-0.4, -0.2) is 22.9 Å². The molecule has 0 saturated carbocycles. The monoisotopic (exact) mass is 279 g/mol. The Labute approximate surface area is 125 Å². The van der Waals surface area contributed by atoms with Gasteiger partial charge in [0.1, 0.15) is 0 Å². The largest absolute Gasteiger partial charge is 0.316 e. The highest BCUT2D eigenvalue weighted by molar-refractivity contribution is 5.01. The smallest absolute Gasteiger partial charge is 0.0492 e. The molecule has 116 valence electrons. The summed E-state index contributed by atoms with van der Waals surface area (Å²) in [5, 5.41) is 7.94. The van der Waals surface area contributed by atoms with Crippen LogP contribution in [0.5, 0.6) is 0 Å². The quantitative estimate of drug-likeness (QED) is 0.622. The lowest BCUT2D eigenvalue weighted by Crippen LogP contribution is -2.35. The van der Waals surface area contributed by atoms with Crippen molar-refractivity contribution in [3.05, 3.63) is 18.0 Å². The Balaban J connectivity index is 2.61. The molecule has 1 N–H and O–H groups in total. The van der Waals surface area contributed by atoms with Crippen molar-refractivity contribution >= 4 is 0 Å². The minimum atomic E-state index is 0.454. The molecule has 20 heavy (non-hydrogen) atoms. The second-order valence-electron chi connectivity index (χ2n) is 6.08. The molecule has 1 heterocycles. The van der Waals surface area contributed by atoms with Gasteiger partial charge in [-0.2, -0.15) is 5.10 Å². The first kappa shape index (κ1) is 17.2. The Morgan fingerprint density at radius 1 is 1.20 bits per heavy atom. The normalized spacial score (nSPS) is 14.4. The SMILES string of the molecule is CCCCC(CC)(CCc1ccnn1C)CNCCC. The van der Waals surface area contributed by atoms with Crippen LogP contribution >= 0.6 is 0 Å². The van der Waals surface area contributed by atoms with E-state index in [1.165, 1.54) is 44.2 Å². The fourth-order valence-corrected chi connectivity index (χ4v) is 2.90. The number of nitrogens with one attached hydrogen (secondary N) is 1. The summed E-state index contributed by atoms with van der Waals surface area (Å²) in [6.45, 7) is 9.19. The third-order valence-electron chi connectivity index (χ3n) is 4.57. The highest BCUT2D eigenvalue weighted by atomic mass is 15.2. The molecule has 0 bridgehead atoms. The lowest BCUT2D eigenvalue weighted by atomic mass is 9.76. The van der Waals surface area contributed by atoms with Gasteiger partial charge in [0.25, 0.3) is 0 Å². The number of hydrogen-bond acceptors (Lipinski definition) is 2. The van der Waals surface area contributed by atoms with Crippen LogP contribution in [0.2, 0.25) is 0 Å². The van der Waals surface area contributed by atoms with Gasteiger partial charge in [0.15, 0.2) is 0 Å². The van der Waals surface area contributed by atoms with Crippen molar-refractivity contribution in [1.82, 2.24) is 15.1 Å². The van der Waals surface area contributed by atoms with E-state index in [2.05, 4.69) is 37.3 Å². The van der Waals surface area contributed by atoms with Crippen molar-refractivity contribution in [2.45, 2.75) is 65.7 Å². The van der Waals surface area contributed by atoms with Gasteiger partial charge < -0.3 is 5.32 Å². The first-order valence-electron chi connectivity index (χ1n) is 8.35. The third-order valence-corrected chi connectivity index (χ3v) is 4.57. The number of unbranched alkanes of at least 4 members (excludes halogenated alkanes) is 1. The Morgan fingerprint density at radius 3 is 2.55 bits per heavy atom. The molecule has 0 amide bonds. The highest BCUT2D eigenvalue weighted by Gasteiger charge is 2.27. The summed E-state index contributed by atoms with van der Waals surface area (Å²) in [6, 6.07) is 2.15. The van der Waals surface area contributed by atoms with Crippen LogP contribution < -0.4 is 5.32 Å². The van der Waals surface area contributed by atoms with Crippen LogP contribution in [0.1, 0.15) is 65.0 Å². The molecule has 0 spiro atoms. The van der Waals surface area contributed by atoms with Crippen molar-refractivity contribution in [3.63, 3.8) is 0 Å². The van der Waals surface area contributed by atoms with Gasteiger partial charge in [0, 0.05) is 25.5 Å². The maximum absolute atomic E-state index is 4.28. The Bertz CT molecular complexity index is 359. The molecule has 1 aromatic heterocycles. The molecule has 0 aliphatic rings. The molecule has 0 fully saturated rings. The van der Waals surface area contributed by atoms with Crippen molar-refractivity contribution in [2.75, 3.05) is 13.1 Å². The highest BCUT2D eigenvalue weighted by Crippen LogP contribution is 2.33. The fourth-order valence-electron chi connectivity index (χ4n) is 2.90. The summed E-state index contributed by atoms with van der Waals surface area (Å²) >= 11 is 0. The Morgan fingerprint density at radius 2 is 2.00 bits per heavy atom.